The maximum Gasteiger partial charge on any atom is 0.130 e. The predicted octanol–water partition coefficient (Wildman–Crippen LogP) is 4.59. The van der Waals surface area contributed by atoms with Gasteiger partial charge in [0, 0.05) is 0 Å². The van der Waals surface area contributed by atoms with Gasteiger partial charge in [0.2, 0.25) is 0 Å². The van der Waals surface area contributed by atoms with Gasteiger partial charge in [0.1, 0.15) is 11.5 Å². The van der Waals surface area contributed by atoms with Crippen molar-refractivity contribution in [1.82, 2.24) is 0 Å². The van der Waals surface area contributed by atoms with E-state index in [0.717, 1.165) is 23.5 Å². The smallest absolute Gasteiger partial charge is 0.130 e. The van der Waals surface area contributed by atoms with E-state index in [-0.39, 0.29) is 5.41 Å². The molecule has 0 saturated heterocycles. The van der Waals surface area contributed by atoms with Crippen LogP contribution in [0.5, 0.6) is 11.5 Å². The van der Waals surface area contributed by atoms with Crippen molar-refractivity contribution in [2.45, 2.75) is 39.5 Å². The summed E-state index contributed by atoms with van der Waals surface area (Å²) in [5.41, 5.74) is 9.45. The molecule has 2 N–H and O–H groups in total. The van der Waals surface area contributed by atoms with E-state index in [2.05, 4.69) is 58.0 Å². The Balaban J connectivity index is 2.22. The molecule has 2 heteroatoms. The lowest BCUT2D eigenvalue weighted by Crippen LogP contribution is -2.11. The molecule has 112 valence electrons. The van der Waals surface area contributed by atoms with Gasteiger partial charge in [0.15, 0.2) is 0 Å². The minimum atomic E-state index is 0.157. The molecule has 0 amide bonds. The van der Waals surface area contributed by atoms with Crippen LogP contribution in [-0.4, -0.2) is 6.54 Å². The average molecular weight is 283 g/mol. The normalized spacial score (nSPS) is 11.5. The molecule has 0 saturated carbocycles. The van der Waals surface area contributed by atoms with Crippen molar-refractivity contribution in [3.8, 4) is 11.5 Å². The third-order valence-electron chi connectivity index (χ3n) is 3.60. The summed E-state index contributed by atoms with van der Waals surface area (Å²) in [6.45, 7) is 9.41. The van der Waals surface area contributed by atoms with Gasteiger partial charge in [-0.25, -0.2) is 0 Å². The average Bonchev–Trinajstić information content (AvgIpc) is 2.41. The Morgan fingerprint density at radius 1 is 1.05 bits per heavy atom. The third-order valence-corrected chi connectivity index (χ3v) is 3.60. The van der Waals surface area contributed by atoms with Crippen LogP contribution in [0, 0.1) is 6.92 Å². The number of aryl methyl sites for hydroxylation is 1. The van der Waals surface area contributed by atoms with E-state index in [1.165, 1.54) is 11.1 Å². The predicted molar refractivity (Wildman–Crippen MR) is 89.2 cm³/mol. The molecule has 0 aliphatic carbocycles. The van der Waals surface area contributed by atoms with Gasteiger partial charge >= 0.3 is 0 Å². The van der Waals surface area contributed by atoms with Gasteiger partial charge in [-0.3, -0.25) is 0 Å². The fourth-order valence-corrected chi connectivity index (χ4v) is 2.29. The Morgan fingerprint density at radius 2 is 1.81 bits per heavy atom. The first-order chi connectivity index (χ1) is 9.90. The highest BCUT2D eigenvalue weighted by Crippen LogP contribution is 2.30. The van der Waals surface area contributed by atoms with Gasteiger partial charge in [-0.05, 0) is 60.2 Å². The lowest BCUT2D eigenvalue weighted by Gasteiger charge is -2.20. The van der Waals surface area contributed by atoms with E-state index >= 15 is 0 Å². The first kappa shape index (κ1) is 15.6. The van der Waals surface area contributed by atoms with Crippen LogP contribution in [0.1, 0.15) is 37.5 Å². The van der Waals surface area contributed by atoms with Gasteiger partial charge < -0.3 is 10.5 Å². The maximum atomic E-state index is 6.02. The van der Waals surface area contributed by atoms with E-state index in [9.17, 15) is 0 Å². The molecule has 0 atom stereocenters. The van der Waals surface area contributed by atoms with E-state index in [1.807, 2.05) is 12.1 Å². The van der Waals surface area contributed by atoms with Crippen molar-refractivity contribution in [2.24, 2.45) is 5.73 Å². The molecule has 2 nitrogen and oxygen atoms in total. The van der Waals surface area contributed by atoms with Crippen LogP contribution in [-0.2, 0) is 11.8 Å². The molecule has 0 unspecified atom stereocenters. The summed E-state index contributed by atoms with van der Waals surface area (Å²) < 4.78 is 6.02. The summed E-state index contributed by atoms with van der Waals surface area (Å²) >= 11 is 0. The van der Waals surface area contributed by atoms with E-state index in [1.54, 1.807) is 0 Å². The van der Waals surface area contributed by atoms with Crippen LogP contribution in [0.15, 0.2) is 42.5 Å². The summed E-state index contributed by atoms with van der Waals surface area (Å²) in [4.78, 5) is 0. The van der Waals surface area contributed by atoms with E-state index < -0.39 is 0 Å². The van der Waals surface area contributed by atoms with Gasteiger partial charge in [0.25, 0.3) is 0 Å². The molecule has 2 aromatic carbocycles. The van der Waals surface area contributed by atoms with E-state index in [0.29, 0.717) is 6.54 Å². The van der Waals surface area contributed by atoms with Crippen molar-refractivity contribution >= 4 is 0 Å². The Bertz CT molecular complexity index is 611. The Kier molecular flexibility index (Phi) is 4.69. The fraction of sp³-hybridized carbons (Fsp3) is 0.368. The lowest BCUT2D eigenvalue weighted by atomic mass is 9.86. The zero-order valence-electron chi connectivity index (χ0n) is 13.4. The van der Waals surface area contributed by atoms with Crippen LogP contribution >= 0.6 is 0 Å². The second-order valence-corrected chi connectivity index (χ2v) is 6.52. The van der Waals surface area contributed by atoms with Crippen LogP contribution in [0.25, 0.3) is 0 Å². The van der Waals surface area contributed by atoms with Crippen LogP contribution in [0.3, 0.4) is 0 Å². The van der Waals surface area contributed by atoms with E-state index in [4.69, 9.17) is 10.5 Å². The summed E-state index contributed by atoms with van der Waals surface area (Å²) in [5, 5.41) is 0. The Labute approximate surface area is 127 Å². The molecular weight excluding hydrogens is 258 g/mol. The Hall–Kier alpha value is -1.80. The molecule has 0 bridgehead atoms. The number of hydrogen-bond donors (Lipinski definition) is 1. The zero-order chi connectivity index (χ0) is 15.5. The number of hydrogen-bond acceptors (Lipinski definition) is 2. The first-order valence-corrected chi connectivity index (χ1v) is 7.48. The molecule has 0 radical (unpaired) electrons. The Morgan fingerprint density at radius 3 is 2.43 bits per heavy atom. The molecular formula is C19H25NO. The topological polar surface area (TPSA) is 35.2 Å². The quantitative estimate of drug-likeness (QED) is 0.891. The highest BCUT2D eigenvalue weighted by molar-refractivity contribution is 5.42. The maximum absolute atomic E-state index is 6.02. The zero-order valence-corrected chi connectivity index (χ0v) is 13.4. The molecule has 2 aromatic rings. The standard InChI is InChI=1S/C19H25NO/c1-14-12-16(19(2,3)4)8-9-18(14)21-17-7-5-6-15(13-17)10-11-20/h5-9,12-13H,10-11,20H2,1-4H3. The largest absolute Gasteiger partial charge is 0.457 e. The van der Waals surface area contributed by atoms with Gasteiger partial charge in [-0.2, -0.15) is 0 Å². The van der Waals surface area contributed by atoms with Gasteiger partial charge in [-0.1, -0.05) is 45.0 Å². The van der Waals surface area contributed by atoms with Crippen molar-refractivity contribution in [2.75, 3.05) is 6.54 Å². The summed E-state index contributed by atoms with van der Waals surface area (Å²) in [6, 6.07) is 14.5. The first-order valence-electron chi connectivity index (χ1n) is 7.48. The lowest BCUT2D eigenvalue weighted by molar-refractivity contribution is 0.477. The fourth-order valence-electron chi connectivity index (χ4n) is 2.29. The van der Waals surface area contributed by atoms with Gasteiger partial charge in [0.05, 0.1) is 0 Å². The minimum Gasteiger partial charge on any atom is -0.457 e. The van der Waals surface area contributed by atoms with Crippen LogP contribution in [0.2, 0.25) is 0 Å². The number of benzene rings is 2. The van der Waals surface area contributed by atoms with Crippen molar-refractivity contribution in [3.05, 3.63) is 59.2 Å². The summed E-state index contributed by atoms with van der Waals surface area (Å²) in [7, 11) is 0. The molecule has 21 heavy (non-hydrogen) atoms. The van der Waals surface area contributed by atoms with Crippen molar-refractivity contribution in [3.63, 3.8) is 0 Å². The van der Waals surface area contributed by atoms with Gasteiger partial charge in [-0.15, -0.1) is 0 Å². The van der Waals surface area contributed by atoms with Crippen molar-refractivity contribution < 1.29 is 4.74 Å². The third kappa shape index (κ3) is 4.08. The number of ether oxygens (including phenoxy) is 1. The minimum absolute atomic E-state index is 0.157. The second-order valence-electron chi connectivity index (χ2n) is 6.52. The highest BCUT2D eigenvalue weighted by Gasteiger charge is 2.15. The number of nitrogens with two attached hydrogens (primary N) is 1. The van der Waals surface area contributed by atoms with Crippen LogP contribution in [0.4, 0.5) is 0 Å². The highest BCUT2D eigenvalue weighted by atomic mass is 16.5. The molecule has 0 aliphatic heterocycles. The summed E-state index contributed by atoms with van der Waals surface area (Å²) in [6.07, 6.45) is 0.874. The SMILES string of the molecule is Cc1cc(C(C)(C)C)ccc1Oc1cccc(CCN)c1. The monoisotopic (exact) mass is 283 g/mol. The molecule has 0 aliphatic rings. The summed E-state index contributed by atoms with van der Waals surface area (Å²) in [5.74, 6) is 1.78. The van der Waals surface area contributed by atoms with Crippen molar-refractivity contribution in [1.29, 1.82) is 0 Å². The molecule has 0 fully saturated rings. The molecule has 0 aromatic heterocycles. The second kappa shape index (κ2) is 6.31. The number of rotatable bonds is 4. The van der Waals surface area contributed by atoms with Crippen LogP contribution < -0.4 is 10.5 Å². The molecule has 0 spiro atoms. The molecule has 0 heterocycles. The molecule has 2 rings (SSSR count).